The van der Waals surface area contributed by atoms with Gasteiger partial charge in [0.2, 0.25) is 10.0 Å². The number of rotatable bonds is 9. The largest absolute Gasteiger partial charge is 0.468 e. The van der Waals surface area contributed by atoms with Crippen molar-refractivity contribution in [3.05, 3.63) is 64.7 Å². The summed E-state index contributed by atoms with van der Waals surface area (Å²) in [5, 5.41) is -0.0102. The quantitative estimate of drug-likeness (QED) is 0.553. The Kier molecular flexibility index (Phi) is 8.25. The minimum Gasteiger partial charge on any atom is -0.468 e. The molecule has 3 rings (SSSR count). The summed E-state index contributed by atoms with van der Waals surface area (Å²) in [5.74, 6) is -1.11. The zero-order valence-corrected chi connectivity index (χ0v) is 19.2. The summed E-state index contributed by atoms with van der Waals surface area (Å²) < 4.78 is 38.3. The van der Waals surface area contributed by atoms with Crippen molar-refractivity contribution in [1.29, 1.82) is 0 Å². The molecule has 1 saturated heterocycles. The predicted molar refractivity (Wildman–Crippen MR) is 119 cm³/mol. The van der Waals surface area contributed by atoms with Crippen molar-refractivity contribution in [3.8, 4) is 0 Å². The van der Waals surface area contributed by atoms with Gasteiger partial charge in [-0.3, -0.25) is 9.59 Å². The SMILES string of the molecule is COC(=O)CN(Cc1ccccc1)C(=O)c1ccc(Cl)c(S(=O)(=O)NCC2CCCO2)c1. The Labute approximate surface area is 192 Å². The second-order valence-electron chi connectivity index (χ2n) is 7.36. The molecule has 0 saturated carbocycles. The minimum atomic E-state index is -3.97. The first-order chi connectivity index (χ1) is 15.3. The molecule has 2 aromatic carbocycles. The van der Waals surface area contributed by atoms with Gasteiger partial charge in [0.25, 0.3) is 5.91 Å². The lowest BCUT2D eigenvalue weighted by molar-refractivity contribution is -0.141. The molecule has 0 aromatic heterocycles. The Bertz CT molecular complexity index is 1060. The highest BCUT2D eigenvalue weighted by Gasteiger charge is 2.25. The molecule has 1 fully saturated rings. The number of nitrogens with zero attached hydrogens (tertiary/aromatic N) is 1. The molecule has 8 nitrogen and oxygen atoms in total. The van der Waals surface area contributed by atoms with Crippen LogP contribution in [0.5, 0.6) is 0 Å². The van der Waals surface area contributed by atoms with Crippen LogP contribution in [-0.4, -0.2) is 58.1 Å². The van der Waals surface area contributed by atoms with Crippen LogP contribution in [0.2, 0.25) is 5.02 Å². The number of esters is 1. The fourth-order valence-electron chi connectivity index (χ4n) is 3.33. The smallest absolute Gasteiger partial charge is 0.325 e. The van der Waals surface area contributed by atoms with E-state index in [-0.39, 0.29) is 41.2 Å². The predicted octanol–water partition coefficient (Wildman–Crippen LogP) is 2.61. The van der Waals surface area contributed by atoms with Gasteiger partial charge in [-0.15, -0.1) is 0 Å². The van der Waals surface area contributed by atoms with E-state index in [1.54, 1.807) is 0 Å². The molecule has 0 aliphatic carbocycles. The summed E-state index contributed by atoms with van der Waals surface area (Å²) in [5.41, 5.74) is 0.900. The monoisotopic (exact) mass is 480 g/mol. The van der Waals surface area contributed by atoms with Crippen molar-refractivity contribution < 1.29 is 27.5 Å². The fraction of sp³-hybridized carbons (Fsp3) is 0.364. The molecule has 1 amide bonds. The Balaban J connectivity index is 1.84. The van der Waals surface area contributed by atoms with Crippen molar-refractivity contribution >= 4 is 33.5 Å². The number of methoxy groups -OCH3 is 1. The number of sulfonamides is 1. The average molecular weight is 481 g/mol. The topological polar surface area (TPSA) is 102 Å². The van der Waals surface area contributed by atoms with Crippen molar-refractivity contribution in [2.45, 2.75) is 30.4 Å². The molecule has 0 spiro atoms. The van der Waals surface area contributed by atoms with Gasteiger partial charge in [0, 0.05) is 25.3 Å². The van der Waals surface area contributed by atoms with Gasteiger partial charge in [0.1, 0.15) is 11.4 Å². The number of carbonyl (C=O) groups is 2. The zero-order chi connectivity index (χ0) is 23.1. The van der Waals surface area contributed by atoms with Crippen LogP contribution in [0.3, 0.4) is 0 Å². The van der Waals surface area contributed by atoms with E-state index in [9.17, 15) is 18.0 Å². The molecule has 0 radical (unpaired) electrons. The Morgan fingerprint density at radius 3 is 2.62 bits per heavy atom. The lowest BCUT2D eigenvalue weighted by Crippen LogP contribution is -2.36. The van der Waals surface area contributed by atoms with E-state index >= 15 is 0 Å². The molecule has 1 N–H and O–H groups in total. The molecule has 2 aromatic rings. The van der Waals surface area contributed by atoms with E-state index in [1.807, 2.05) is 30.3 Å². The summed E-state index contributed by atoms with van der Waals surface area (Å²) in [4.78, 5) is 26.2. The number of halogens is 1. The molecular formula is C22H25ClN2O6S. The standard InChI is InChI=1S/C22H25ClN2O6S/c1-30-21(26)15-25(14-16-6-3-2-4-7-16)22(27)17-9-10-19(23)20(12-17)32(28,29)24-13-18-8-5-11-31-18/h2-4,6-7,9-10,12,18,24H,5,8,11,13-15H2,1H3. The highest BCUT2D eigenvalue weighted by atomic mass is 35.5. The van der Waals surface area contributed by atoms with Crippen LogP contribution < -0.4 is 4.72 Å². The Hall–Kier alpha value is -2.46. The third-order valence-corrected chi connectivity index (χ3v) is 6.95. The van der Waals surface area contributed by atoms with Crippen LogP contribution in [0.4, 0.5) is 0 Å². The Morgan fingerprint density at radius 2 is 1.97 bits per heavy atom. The van der Waals surface area contributed by atoms with Gasteiger partial charge >= 0.3 is 5.97 Å². The molecule has 10 heteroatoms. The normalized spacial score (nSPS) is 16.0. The molecule has 1 unspecified atom stereocenters. The fourth-order valence-corrected chi connectivity index (χ4v) is 4.92. The van der Waals surface area contributed by atoms with E-state index in [4.69, 9.17) is 21.1 Å². The van der Waals surface area contributed by atoms with Gasteiger partial charge in [-0.05, 0) is 36.6 Å². The third kappa shape index (κ3) is 6.29. The maximum atomic E-state index is 13.2. The summed E-state index contributed by atoms with van der Waals surface area (Å²) in [6.45, 7) is 0.594. The number of carbonyl (C=O) groups excluding carboxylic acids is 2. The Morgan fingerprint density at radius 1 is 1.22 bits per heavy atom. The van der Waals surface area contributed by atoms with Crippen molar-refractivity contribution in [2.75, 3.05) is 26.8 Å². The number of nitrogens with one attached hydrogen (secondary N) is 1. The minimum absolute atomic E-state index is 0.0102. The van der Waals surface area contributed by atoms with Gasteiger partial charge in [-0.1, -0.05) is 41.9 Å². The first-order valence-corrected chi connectivity index (χ1v) is 12.0. The van der Waals surface area contributed by atoms with Gasteiger partial charge in [-0.25, -0.2) is 13.1 Å². The number of amides is 1. The van der Waals surface area contributed by atoms with Crippen LogP contribution >= 0.6 is 11.6 Å². The van der Waals surface area contributed by atoms with Gasteiger partial charge in [0.15, 0.2) is 0 Å². The molecular weight excluding hydrogens is 456 g/mol. The van der Waals surface area contributed by atoms with Crippen LogP contribution in [0.15, 0.2) is 53.4 Å². The number of benzene rings is 2. The molecule has 1 aliphatic rings. The first-order valence-electron chi connectivity index (χ1n) is 10.1. The average Bonchev–Trinajstić information content (AvgIpc) is 3.31. The third-order valence-electron chi connectivity index (χ3n) is 5.04. The summed E-state index contributed by atoms with van der Waals surface area (Å²) >= 11 is 6.15. The van der Waals surface area contributed by atoms with E-state index in [0.29, 0.717) is 6.61 Å². The maximum Gasteiger partial charge on any atom is 0.325 e. The van der Waals surface area contributed by atoms with Crippen LogP contribution in [0.1, 0.15) is 28.8 Å². The van der Waals surface area contributed by atoms with E-state index < -0.39 is 21.9 Å². The lowest BCUT2D eigenvalue weighted by atomic mass is 10.1. The molecule has 0 bridgehead atoms. The second-order valence-corrected chi connectivity index (χ2v) is 9.50. The van der Waals surface area contributed by atoms with Crippen LogP contribution in [0.25, 0.3) is 0 Å². The molecule has 32 heavy (non-hydrogen) atoms. The molecule has 172 valence electrons. The van der Waals surface area contributed by atoms with Gasteiger partial charge < -0.3 is 14.4 Å². The number of hydrogen-bond donors (Lipinski definition) is 1. The second kappa shape index (κ2) is 10.9. The van der Waals surface area contributed by atoms with E-state index in [0.717, 1.165) is 18.4 Å². The summed E-state index contributed by atoms with van der Waals surface area (Å²) in [6, 6.07) is 13.1. The molecule has 1 aliphatic heterocycles. The van der Waals surface area contributed by atoms with Crippen LogP contribution in [0, 0.1) is 0 Å². The van der Waals surface area contributed by atoms with Crippen molar-refractivity contribution in [2.24, 2.45) is 0 Å². The number of hydrogen-bond acceptors (Lipinski definition) is 6. The van der Waals surface area contributed by atoms with E-state index in [2.05, 4.69) is 4.72 Å². The van der Waals surface area contributed by atoms with Gasteiger partial charge in [0.05, 0.1) is 18.2 Å². The van der Waals surface area contributed by atoms with E-state index in [1.165, 1.54) is 30.2 Å². The summed E-state index contributed by atoms with van der Waals surface area (Å²) in [6.07, 6.45) is 1.47. The van der Waals surface area contributed by atoms with Crippen molar-refractivity contribution in [1.82, 2.24) is 9.62 Å². The summed E-state index contributed by atoms with van der Waals surface area (Å²) in [7, 11) is -2.73. The maximum absolute atomic E-state index is 13.2. The van der Waals surface area contributed by atoms with Crippen LogP contribution in [-0.2, 0) is 30.8 Å². The molecule has 1 heterocycles. The number of ether oxygens (including phenoxy) is 2. The first kappa shape index (κ1) is 24.2. The van der Waals surface area contributed by atoms with Crippen molar-refractivity contribution in [3.63, 3.8) is 0 Å². The highest BCUT2D eigenvalue weighted by molar-refractivity contribution is 7.89. The highest BCUT2D eigenvalue weighted by Crippen LogP contribution is 2.24. The van der Waals surface area contributed by atoms with Gasteiger partial charge in [-0.2, -0.15) is 0 Å². The molecule has 1 atom stereocenters. The zero-order valence-electron chi connectivity index (χ0n) is 17.6. The lowest BCUT2D eigenvalue weighted by Gasteiger charge is -2.22.